The summed E-state index contributed by atoms with van der Waals surface area (Å²) in [4.78, 5) is 19.6. The molecule has 0 saturated heterocycles. The molecular weight excluding hydrogens is 400 g/mol. The van der Waals surface area contributed by atoms with Gasteiger partial charge in [0.15, 0.2) is 11.5 Å². The molecule has 1 aliphatic heterocycles. The van der Waals surface area contributed by atoms with Crippen LogP contribution in [0.15, 0.2) is 36.4 Å². The highest BCUT2D eigenvalue weighted by Gasteiger charge is 2.34. The summed E-state index contributed by atoms with van der Waals surface area (Å²) in [7, 11) is 0. The molecule has 3 aromatic rings. The van der Waals surface area contributed by atoms with Crippen LogP contribution in [-0.4, -0.2) is 22.6 Å². The molecule has 5 nitrogen and oxygen atoms in total. The summed E-state index contributed by atoms with van der Waals surface area (Å²) < 4.78 is 10.9. The number of amides is 1. The molecule has 0 bridgehead atoms. The van der Waals surface area contributed by atoms with Crippen molar-refractivity contribution < 1.29 is 14.3 Å². The number of carbonyl (C=O) groups is 1. The van der Waals surface area contributed by atoms with Gasteiger partial charge in [-0.1, -0.05) is 29.8 Å². The van der Waals surface area contributed by atoms with Crippen LogP contribution in [0.5, 0.6) is 11.5 Å². The molecule has 154 valence electrons. The summed E-state index contributed by atoms with van der Waals surface area (Å²) in [6.07, 6.45) is 1.91. The Hall–Kier alpha value is -2.79. The Morgan fingerprint density at radius 1 is 1.10 bits per heavy atom. The molecule has 30 heavy (non-hydrogen) atoms. The van der Waals surface area contributed by atoms with Gasteiger partial charge in [-0.05, 0) is 61.6 Å². The largest absolute Gasteiger partial charge is 0.454 e. The number of hydrogen-bond donors (Lipinski definition) is 0. The molecule has 5 rings (SSSR count). The number of halogens is 1. The fourth-order valence-corrected chi connectivity index (χ4v) is 4.08. The van der Waals surface area contributed by atoms with Crippen molar-refractivity contribution in [2.24, 2.45) is 5.92 Å². The Kier molecular flexibility index (Phi) is 4.78. The number of pyridine rings is 1. The molecule has 6 heteroatoms. The number of carbonyl (C=O) groups excluding carboxylic acids is 1. The van der Waals surface area contributed by atoms with E-state index in [-0.39, 0.29) is 18.6 Å². The first-order chi connectivity index (χ1) is 14.5. The molecule has 1 aromatic heterocycles. The van der Waals surface area contributed by atoms with Gasteiger partial charge in [0.25, 0.3) is 0 Å². The van der Waals surface area contributed by atoms with E-state index < -0.39 is 0 Å². The highest BCUT2D eigenvalue weighted by Crippen LogP contribution is 2.35. The lowest BCUT2D eigenvalue weighted by atomic mass is 10.0. The lowest BCUT2D eigenvalue weighted by molar-refractivity contribution is -0.133. The van der Waals surface area contributed by atoms with Gasteiger partial charge in [-0.25, -0.2) is 4.98 Å². The summed E-state index contributed by atoms with van der Waals surface area (Å²) >= 11 is 6.57. The third kappa shape index (κ3) is 3.58. The minimum Gasteiger partial charge on any atom is -0.454 e. The monoisotopic (exact) mass is 422 g/mol. The average Bonchev–Trinajstić information content (AvgIpc) is 3.48. The van der Waals surface area contributed by atoms with Crippen LogP contribution in [0.25, 0.3) is 10.9 Å². The van der Waals surface area contributed by atoms with E-state index in [1.807, 2.05) is 23.1 Å². The first kappa shape index (κ1) is 19.2. The highest BCUT2D eigenvalue weighted by molar-refractivity contribution is 6.30. The molecule has 1 saturated carbocycles. The smallest absolute Gasteiger partial charge is 0.231 e. The van der Waals surface area contributed by atoms with Crippen molar-refractivity contribution in [2.75, 3.05) is 6.79 Å². The molecule has 2 aromatic carbocycles. The van der Waals surface area contributed by atoms with E-state index in [1.54, 1.807) is 0 Å². The zero-order valence-corrected chi connectivity index (χ0v) is 17.8. The molecule has 2 aliphatic rings. The predicted molar refractivity (Wildman–Crippen MR) is 116 cm³/mol. The Balaban J connectivity index is 1.46. The maximum atomic E-state index is 13.0. The van der Waals surface area contributed by atoms with Crippen molar-refractivity contribution in [1.29, 1.82) is 0 Å². The summed E-state index contributed by atoms with van der Waals surface area (Å²) in [6.45, 7) is 5.29. The minimum absolute atomic E-state index is 0.121. The Morgan fingerprint density at radius 3 is 2.70 bits per heavy atom. The number of hydrogen-bond acceptors (Lipinski definition) is 4. The van der Waals surface area contributed by atoms with E-state index in [0.717, 1.165) is 51.9 Å². The van der Waals surface area contributed by atoms with Crippen molar-refractivity contribution in [2.45, 2.75) is 39.8 Å². The van der Waals surface area contributed by atoms with E-state index in [1.165, 1.54) is 5.56 Å². The summed E-state index contributed by atoms with van der Waals surface area (Å²) in [6, 6.07) is 12.0. The number of benzene rings is 2. The maximum Gasteiger partial charge on any atom is 0.231 e. The molecule has 0 spiro atoms. The molecule has 1 fully saturated rings. The van der Waals surface area contributed by atoms with Crippen LogP contribution in [0.1, 0.15) is 35.1 Å². The third-order valence-electron chi connectivity index (χ3n) is 5.95. The Labute approximate surface area is 180 Å². The normalized spacial score (nSPS) is 14.9. The van der Waals surface area contributed by atoms with Gasteiger partial charge in [-0.3, -0.25) is 4.79 Å². The van der Waals surface area contributed by atoms with Crippen LogP contribution in [0.4, 0.5) is 0 Å². The van der Waals surface area contributed by atoms with Crippen molar-refractivity contribution >= 4 is 28.4 Å². The highest BCUT2D eigenvalue weighted by atomic mass is 35.5. The third-order valence-corrected chi connectivity index (χ3v) is 6.27. The van der Waals surface area contributed by atoms with Crippen LogP contribution in [0.3, 0.4) is 0 Å². The van der Waals surface area contributed by atoms with Gasteiger partial charge in [0.2, 0.25) is 12.7 Å². The molecule has 1 amide bonds. The van der Waals surface area contributed by atoms with Crippen molar-refractivity contribution in [1.82, 2.24) is 9.88 Å². The number of ether oxygens (including phenoxy) is 2. The lowest BCUT2D eigenvalue weighted by Gasteiger charge is -2.24. The fraction of sp³-hybridized carbons (Fsp3) is 0.333. The second kappa shape index (κ2) is 7.47. The Bertz CT molecular complexity index is 1160. The van der Waals surface area contributed by atoms with Crippen LogP contribution < -0.4 is 9.47 Å². The lowest BCUT2D eigenvalue weighted by Crippen LogP contribution is -2.31. The van der Waals surface area contributed by atoms with E-state index >= 15 is 0 Å². The van der Waals surface area contributed by atoms with Crippen molar-refractivity contribution in [3.63, 3.8) is 0 Å². The molecule has 0 unspecified atom stereocenters. The van der Waals surface area contributed by atoms with Gasteiger partial charge in [0.05, 0.1) is 5.52 Å². The van der Waals surface area contributed by atoms with Crippen molar-refractivity contribution in [3.05, 3.63) is 63.8 Å². The van der Waals surface area contributed by atoms with Gasteiger partial charge in [-0.2, -0.15) is 0 Å². The molecule has 0 atom stereocenters. The predicted octanol–water partition coefficient (Wildman–Crippen LogP) is 5.17. The second-order valence-corrected chi connectivity index (χ2v) is 8.53. The summed E-state index contributed by atoms with van der Waals surface area (Å²) in [5, 5.41) is 1.50. The first-order valence-corrected chi connectivity index (χ1v) is 10.6. The molecule has 0 radical (unpaired) electrons. The van der Waals surface area contributed by atoms with E-state index in [4.69, 9.17) is 21.1 Å². The first-order valence-electron chi connectivity index (χ1n) is 10.2. The van der Waals surface area contributed by atoms with E-state index in [0.29, 0.717) is 18.2 Å². The number of rotatable bonds is 5. The number of aryl methyl sites for hydroxylation is 2. The van der Waals surface area contributed by atoms with E-state index in [9.17, 15) is 4.79 Å². The minimum atomic E-state index is 0.121. The van der Waals surface area contributed by atoms with Crippen LogP contribution in [0, 0.1) is 19.8 Å². The van der Waals surface area contributed by atoms with E-state index in [2.05, 4.69) is 37.0 Å². The zero-order chi connectivity index (χ0) is 20.8. The van der Waals surface area contributed by atoms with Gasteiger partial charge in [-0.15, -0.1) is 0 Å². The zero-order valence-electron chi connectivity index (χ0n) is 17.1. The summed E-state index contributed by atoms with van der Waals surface area (Å²) in [5.41, 5.74) is 5.10. The molecule has 1 aliphatic carbocycles. The molecule has 2 heterocycles. The van der Waals surface area contributed by atoms with Crippen LogP contribution in [0.2, 0.25) is 5.15 Å². The van der Waals surface area contributed by atoms with Crippen LogP contribution in [-0.2, 0) is 17.9 Å². The molecule has 0 N–H and O–H groups in total. The second-order valence-electron chi connectivity index (χ2n) is 8.17. The standard InChI is InChI=1S/C24H23ClN2O3/c1-14-3-5-18-10-19(23(25)26-22(18)15(14)2)12-27(24(28)17-6-7-17)11-16-4-8-20-21(9-16)30-13-29-20/h3-5,8-10,17H,6-7,11-13H2,1-2H3. The van der Waals surface area contributed by atoms with Gasteiger partial charge >= 0.3 is 0 Å². The van der Waals surface area contributed by atoms with Gasteiger partial charge < -0.3 is 14.4 Å². The fourth-order valence-electron chi connectivity index (χ4n) is 3.88. The van der Waals surface area contributed by atoms with Crippen molar-refractivity contribution in [3.8, 4) is 11.5 Å². The van der Waals surface area contributed by atoms with Crippen LogP contribution >= 0.6 is 11.6 Å². The number of aromatic nitrogens is 1. The number of fused-ring (bicyclic) bond motifs is 2. The average molecular weight is 423 g/mol. The maximum absolute atomic E-state index is 13.0. The van der Waals surface area contributed by atoms with Gasteiger partial charge in [0.1, 0.15) is 5.15 Å². The Morgan fingerprint density at radius 2 is 1.90 bits per heavy atom. The molecular formula is C24H23ClN2O3. The quantitative estimate of drug-likeness (QED) is 0.532. The summed E-state index contributed by atoms with van der Waals surface area (Å²) in [5.74, 6) is 1.76. The van der Waals surface area contributed by atoms with Gasteiger partial charge in [0, 0.05) is 30.0 Å². The topological polar surface area (TPSA) is 51.7 Å². The number of nitrogens with zero attached hydrogens (tertiary/aromatic N) is 2. The SMILES string of the molecule is Cc1ccc2cc(CN(Cc3ccc4c(c3)OCO4)C(=O)C3CC3)c(Cl)nc2c1C.